The highest BCUT2D eigenvalue weighted by Gasteiger charge is 2.17. The van der Waals surface area contributed by atoms with Crippen LogP contribution in [0.25, 0.3) is 6.08 Å². The molecule has 0 radical (unpaired) electrons. The monoisotopic (exact) mass is 324 g/mol. The van der Waals surface area contributed by atoms with E-state index in [1.165, 1.54) is 24.9 Å². The minimum Gasteiger partial charge on any atom is -0.371 e. The Balaban J connectivity index is 1.76. The van der Waals surface area contributed by atoms with Gasteiger partial charge in [0.15, 0.2) is 0 Å². The van der Waals surface area contributed by atoms with E-state index in [1.54, 1.807) is 5.41 Å². The fourth-order valence-electron chi connectivity index (χ4n) is 3.19. The molecule has 0 spiro atoms. The van der Waals surface area contributed by atoms with Crippen LogP contribution in [0.5, 0.6) is 0 Å². The number of nitrogens with zero attached hydrogens (tertiary/aromatic N) is 2. The second-order valence-corrected chi connectivity index (χ2v) is 8.13. The molecule has 0 N–H and O–H groups in total. The molecule has 0 amide bonds. The van der Waals surface area contributed by atoms with Gasteiger partial charge in [0.05, 0.1) is 10.6 Å². The second-order valence-electron chi connectivity index (χ2n) is 6.07. The third-order valence-corrected chi connectivity index (χ3v) is 6.40. The van der Waals surface area contributed by atoms with E-state index in [0.717, 1.165) is 29.2 Å². The van der Waals surface area contributed by atoms with E-state index < -0.39 is 9.73 Å². The number of piperidine rings is 1. The summed E-state index contributed by atoms with van der Waals surface area (Å²) in [6.07, 6.45) is 5.75. The molecule has 0 unspecified atom stereocenters. The van der Waals surface area contributed by atoms with Crippen molar-refractivity contribution in [3.63, 3.8) is 0 Å². The first-order valence-corrected chi connectivity index (χ1v) is 9.72. The number of fused-ring (bicyclic) bond motifs is 1. The van der Waals surface area contributed by atoms with E-state index >= 15 is 0 Å². The Morgan fingerprint density at radius 3 is 2.52 bits per heavy atom. The molecular formula is C19H20N2OS. The van der Waals surface area contributed by atoms with Crippen LogP contribution >= 0.6 is 0 Å². The molecule has 2 aliphatic rings. The average Bonchev–Trinajstić information content (AvgIpc) is 2.62. The lowest BCUT2D eigenvalue weighted by atomic mass is 10.1. The highest BCUT2D eigenvalue weighted by molar-refractivity contribution is 7.96. The van der Waals surface area contributed by atoms with Crippen molar-refractivity contribution in [2.24, 2.45) is 4.36 Å². The van der Waals surface area contributed by atoms with Gasteiger partial charge in [0, 0.05) is 29.7 Å². The number of rotatable bonds is 2. The Kier molecular flexibility index (Phi) is 3.69. The molecule has 118 valence electrons. The van der Waals surface area contributed by atoms with Gasteiger partial charge in [-0.1, -0.05) is 24.3 Å². The summed E-state index contributed by atoms with van der Waals surface area (Å²) >= 11 is 0. The largest absolute Gasteiger partial charge is 0.371 e. The van der Waals surface area contributed by atoms with Gasteiger partial charge in [0.25, 0.3) is 0 Å². The van der Waals surface area contributed by atoms with E-state index in [1.807, 2.05) is 36.4 Å². The van der Waals surface area contributed by atoms with Crippen molar-refractivity contribution in [2.75, 3.05) is 18.0 Å². The normalized spacial score (nSPS) is 23.2. The number of anilines is 1. The van der Waals surface area contributed by atoms with Crippen LogP contribution in [0.3, 0.4) is 0 Å². The summed E-state index contributed by atoms with van der Waals surface area (Å²) < 4.78 is 17.8. The Hall–Kier alpha value is -2.07. The summed E-state index contributed by atoms with van der Waals surface area (Å²) in [5.41, 5.74) is 3.07. The molecule has 2 aromatic carbocycles. The minimum atomic E-state index is -2.50. The molecule has 23 heavy (non-hydrogen) atoms. The molecule has 2 aromatic rings. The first-order chi connectivity index (χ1) is 11.2. The Morgan fingerprint density at radius 2 is 1.74 bits per heavy atom. The van der Waals surface area contributed by atoms with E-state index in [9.17, 15) is 4.21 Å². The average molecular weight is 324 g/mol. The van der Waals surface area contributed by atoms with Gasteiger partial charge in [-0.2, -0.15) is 4.36 Å². The maximum atomic E-state index is 13.2. The molecular weight excluding hydrogens is 304 g/mol. The summed E-state index contributed by atoms with van der Waals surface area (Å²) in [5, 5.41) is 1.74. The highest BCUT2D eigenvalue weighted by Crippen LogP contribution is 2.35. The zero-order chi connectivity index (χ0) is 15.7. The number of hydrogen-bond acceptors (Lipinski definition) is 3. The Morgan fingerprint density at radius 1 is 0.957 bits per heavy atom. The molecule has 0 saturated carbocycles. The highest BCUT2D eigenvalue weighted by atomic mass is 32.2. The summed E-state index contributed by atoms with van der Waals surface area (Å²) in [6, 6.07) is 15.8. The van der Waals surface area contributed by atoms with E-state index in [4.69, 9.17) is 0 Å². The third kappa shape index (κ3) is 2.79. The minimum absolute atomic E-state index is 0.769. The van der Waals surface area contributed by atoms with Crippen LogP contribution in [-0.4, -0.2) is 17.3 Å². The van der Waals surface area contributed by atoms with Gasteiger partial charge in [0.1, 0.15) is 9.73 Å². The van der Waals surface area contributed by atoms with Crippen LogP contribution in [0.1, 0.15) is 24.8 Å². The maximum Gasteiger partial charge on any atom is 0.102 e. The van der Waals surface area contributed by atoms with Gasteiger partial charge in [-0.25, -0.2) is 4.21 Å². The van der Waals surface area contributed by atoms with Gasteiger partial charge in [-0.05, 0) is 49.6 Å². The van der Waals surface area contributed by atoms with Crippen molar-refractivity contribution in [1.82, 2.24) is 0 Å². The van der Waals surface area contributed by atoms with E-state index in [-0.39, 0.29) is 0 Å². The summed E-state index contributed by atoms with van der Waals surface area (Å²) in [4.78, 5) is 3.17. The molecule has 1 atom stereocenters. The van der Waals surface area contributed by atoms with E-state index in [2.05, 4.69) is 27.5 Å². The second kappa shape index (κ2) is 5.85. The summed E-state index contributed by atoms with van der Waals surface area (Å²) in [5.74, 6) is 0. The third-order valence-electron chi connectivity index (χ3n) is 4.48. The first kappa shape index (κ1) is 14.5. The van der Waals surface area contributed by atoms with Gasteiger partial charge in [-0.3, -0.25) is 0 Å². The molecule has 2 heterocycles. The zero-order valence-corrected chi connectivity index (χ0v) is 13.8. The van der Waals surface area contributed by atoms with Gasteiger partial charge >= 0.3 is 0 Å². The molecule has 1 fully saturated rings. The molecule has 0 aromatic heterocycles. The maximum absolute atomic E-state index is 13.2. The fourth-order valence-corrected chi connectivity index (χ4v) is 4.84. The van der Waals surface area contributed by atoms with Crippen molar-refractivity contribution >= 4 is 27.2 Å². The zero-order valence-electron chi connectivity index (χ0n) is 13.0. The standard InChI is InChI=1S/C19H20N2OS/c22-23(18-7-3-1-4-8-18)14-11-16-9-10-17(15-19(16)20-23)21-12-5-2-6-13-21/h1,3-4,7-11,14-15H,2,5-6,12-13H2/t23-/m1/s1. The van der Waals surface area contributed by atoms with Gasteiger partial charge in [0.2, 0.25) is 0 Å². The SMILES string of the molecule is O=[S@]1(c2ccccc2)=Nc2cc(N3CCCCC3)ccc2C=C1. The molecule has 0 aliphatic carbocycles. The quantitative estimate of drug-likeness (QED) is 0.793. The topological polar surface area (TPSA) is 32.7 Å². The van der Waals surface area contributed by atoms with Crippen molar-refractivity contribution in [3.05, 3.63) is 59.5 Å². The van der Waals surface area contributed by atoms with Gasteiger partial charge < -0.3 is 4.90 Å². The summed E-state index contributed by atoms with van der Waals surface area (Å²) in [6.45, 7) is 2.20. The van der Waals surface area contributed by atoms with Crippen LogP contribution in [0.4, 0.5) is 11.4 Å². The molecule has 4 rings (SSSR count). The number of hydrogen-bond donors (Lipinski definition) is 0. The molecule has 1 saturated heterocycles. The predicted molar refractivity (Wildman–Crippen MR) is 96.5 cm³/mol. The smallest absolute Gasteiger partial charge is 0.102 e. The van der Waals surface area contributed by atoms with Crippen LogP contribution < -0.4 is 4.90 Å². The molecule has 0 bridgehead atoms. The lowest BCUT2D eigenvalue weighted by molar-refractivity contribution is 0.578. The first-order valence-electron chi connectivity index (χ1n) is 8.14. The Labute approximate surface area is 137 Å². The van der Waals surface area contributed by atoms with Crippen molar-refractivity contribution < 1.29 is 4.21 Å². The van der Waals surface area contributed by atoms with Crippen molar-refractivity contribution in [1.29, 1.82) is 0 Å². The lowest BCUT2D eigenvalue weighted by Crippen LogP contribution is -2.29. The van der Waals surface area contributed by atoms with Crippen molar-refractivity contribution in [2.45, 2.75) is 24.2 Å². The predicted octanol–water partition coefficient (Wildman–Crippen LogP) is 4.82. The molecule has 3 nitrogen and oxygen atoms in total. The number of benzene rings is 2. The fraction of sp³-hybridized carbons (Fsp3) is 0.263. The van der Waals surface area contributed by atoms with Crippen molar-refractivity contribution in [3.8, 4) is 0 Å². The molecule has 4 heteroatoms. The van der Waals surface area contributed by atoms with Crippen LogP contribution in [0.2, 0.25) is 0 Å². The van der Waals surface area contributed by atoms with Crippen LogP contribution in [0, 0.1) is 0 Å². The lowest BCUT2D eigenvalue weighted by Gasteiger charge is -2.29. The van der Waals surface area contributed by atoms with Crippen LogP contribution in [-0.2, 0) is 9.73 Å². The van der Waals surface area contributed by atoms with E-state index in [0.29, 0.717) is 0 Å². The summed E-state index contributed by atoms with van der Waals surface area (Å²) in [7, 11) is -2.50. The Bertz CT molecular complexity index is 858. The van der Waals surface area contributed by atoms with Gasteiger partial charge in [-0.15, -0.1) is 0 Å². The molecule has 2 aliphatic heterocycles. The van der Waals surface area contributed by atoms with Crippen LogP contribution in [0.15, 0.2) is 63.2 Å².